The zero-order valence-corrected chi connectivity index (χ0v) is 11.5. The minimum Gasteiger partial charge on any atom is -0.389 e. The van der Waals surface area contributed by atoms with Gasteiger partial charge in [-0.1, -0.05) is 19.3 Å². The number of anilines is 1. The molecule has 0 bridgehead atoms. The highest BCUT2D eigenvalue weighted by Crippen LogP contribution is 2.27. The quantitative estimate of drug-likeness (QED) is 0.773. The number of aliphatic hydroxyl groups is 1. The third kappa shape index (κ3) is 4.58. The van der Waals surface area contributed by atoms with Crippen molar-refractivity contribution >= 4 is 11.6 Å². The van der Waals surface area contributed by atoms with Crippen molar-refractivity contribution in [1.29, 1.82) is 0 Å². The van der Waals surface area contributed by atoms with Crippen molar-refractivity contribution in [1.82, 2.24) is 5.32 Å². The Labute approximate surface area is 118 Å². The van der Waals surface area contributed by atoms with Gasteiger partial charge in [0.25, 0.3) is 0 Å². The Balaban J connectivity index is 1.71. The van der Waals surface area contributed by atoms with Crippen LogP contribution in [0.4, 0.5) is 10.1 Å². The van der Waals surface area contributed by atoms with Crippen LogP contribution in [0.5, 0.6) is 0 Å². The first kappa shape index (κ1) is 14.9. The normalized spacial score (nSPS) is 17.7. The SMILES string of the molecule is O=C(CNCC1(O)CCCCC1)Nc1ccc(F)cc1. The van der Waals surface area contributed by atoms with E-state index < -0.39 is 5.60 Å². The topological polar surface area (TPSA) is 61.4 Å². The second-order valence-electron chi connectivity index (χ2n) is 5.44. The fourth-order valence-electron chi connectivity index (χ4n) is 2.53. The molecule has 1 aromatic rings. The van der Waals surface area contributed by atoms with Crippen LogP contribution < -0.4 is 10.6 Å². The number of amides is 1. The molecule has 0 aromatic heterocycles. The fourth-order valence-corrected chi connectivity index (χ4v) is 2.53. The molecule has 0 radical (unpaired) electrons. The Kier molecular flexibility index (Phi) is 5.09. The summed E-state index contributed by atoms with van der Waals surface area (Å²) in [5.74, 6) is -0.531. The Hall–Kier alpha value is -1.46. The Morgan fingerprint density at radius 1 is 1.20 bits per heavy atom. The highest BCUT2D eigenvalue weighted by Gasteiger charge is 2.28. The molecule has 1 aromatic carbocycles. The van der Waals surface area contributed by atoms with Crippen molar-refractivity contribution in [2.45, 2.75) is 37.7 Å². The molecule has 0 unspecified atom stereocenters. The van der Waals surface area contributed by atoms with Crippen molar-refractivity contribution in [2.24, 2.45) is 0 Å². The van der Waals surface area contributed by atoms with E-state index in [0.717, 1.165) is 25.7 Å². The van der Waals surface area contributed by atoms with Crippen molar-refractivity contribution in [3.05, 3.63) is 30.1 Å². The zero-order chi connectivity index (χ0) is 14.4. The second-order valence-corrected chi connectivity index (χ2v) is 5.44. The zero-order valence-electron chi connectivity index (χ0n) is 11.5. The molecular weight excluding hydrogens is 259 g/mol. The molecule has 3 N–H and O–H groups in total. The lowest BCUT2D eigenvalue weighted by Crippen LogP contribution is -2.44. The van der Waals surface area contributed by atoms with Crippen molar-refractivity contribution in [2.75, 3.05) is 18.4 Å². The Morgan fingerprint density at radius 3 is 2.50 bits per heavy atom. The van der Waals surface area contributed by atoms with E-state index in [1.54, 1.807) is 0 Å². The molecule has 1 saturated carbocycles. The lowest BCUT2D eigenvalue weighted by molar-refractivity contribution is -0.115. The number of nitrogens with one attached hydrogen (secondary N) is 2. The number of carbonyl (C=O) groups is 1. The van der Waals surface area contributed by atoms with Gasteiger partial charge >= 0.3 is 0 Å². The minimum absolute atomic E-state index is 0.139. The molecule has 1 aliphatic rings. The maximum atomic E-state index is 12.7. The van der Waals surface area contributed by atoms with Crippen molar-refractivity contribution < 1.29 is 14.3 Å². The van der Waals surface area contributed by atoms with Crippen LogP contribution in [0.1, 0.15) is 32.1 Å². The van der Waals surface area contributed by atoms with Gasteiger partial charge in [-0.15, -0.1) is 0 Å². The summed E-state index contributed by atoms with van der Waals surface area (Å²) in [4.78, 5) is 11.7. The Bertz CT molecular complexity index is 442. The van der Waals surface area contributed by atoms with Gasteiger partial charge in [-0.25, -0.2) is 4.39 Å². The Morgan fingerprint density at radius 2 is 1.85 bits per heavy atom. The number of hydrogen-bond acceptors (Lipinski definition) is 3. The molecule has 110 valence electrons. The third-order valence-corrected chi connectivity index (χ3v) is 3.65. The number of rotatable bonds is 5. The fraction of sp³-hybridized carbons (Fsp3) is 0.533. The summed E-state index contributed by atoms with van der Waals surface area (Å²) in [6, 6.07) is 5.63. The van der Waals surface area contributed by atoms with Crippen LogP contribution in [0.2, 0.25) is 0 Å². The van der Waals surface area contributed by atoms with Gasteiger partial charge in [-0.3, -0.25) is 4.79 Å². The smallest absolute Gasteiger partial charge is 0.238 e. The van der Waals surface area contributed by atoms with Crippen LogP contribution in [0.15, 0.2) is 24.3 Å². The molecule has 0 spiro atoms. The predicted molar refractivity (Wildman–Crippen MR) is 75.9 cm³/mol. The first-order chi connectivity index (χ1) is 9.57. The molecule has 20 heavy (non-hydrogen) atoms. The van der Waals surface area contributed by atoms with Crippen LogP contribution in [0, 0.1) is 5.82 Å². The molecule has 2 rings (SSSR count). The van der Waals surface area contributed by atoms with E-state index in [2.05, 4.69) is 10.6 Å². The van der Waals surface area contributed by atoms with E-state index in [1.165, 1.54) is 30.7 Å². The summed E-state index contributed by atoms with van der Waals surface area (Å²) in [5, 5.41) is 15.9. The molecule has 5 heteroatoms. The van der Waals surface area contributed by atoms with Crippen molar-refractivity contribution in [3.8, 4) is 0 Å². The second kappa shape index (κ2) is 6.81. The van der Waals surface area contributed by atoms with Crippen molar-refractivity contribution in [3.63, 3.8) is 0 Å². The predicted octanol–water partition coefficient (Wildman–Crippen LogP) is 2.05. The van der Waals surface area contributed by atoms with E-state index in [1.807, 2.05) is 0 Å². The van der Waals surface area contributed by atoms with Crippen LogP contribution >= 0.6 is 0 Å². The molecule has 1 aliphatic carbocycles. The van der Waals surface area contributed by atoms with Gasteiger partial charge in [0.15, 0.2) is 0 Å². The first-order valence-corrected chi connectivity index (χ1v) is 7.06. The lowest BCUT2D eigenvalue weighted by Gasteiger charge is -2.32. The maximum absolute atomic E-state index is 12.7. The van der Waals surface area contributed by atoms with E-state index in [-0.39, 0.29) is 18.3 Å². The minimum atomic E-state index is -0.672. The molecule has 0 saturated heterocycles. The van der Waals surface area contributed by atoms with E-state index in [4.69, 9.17) is 0 Å². The summed E-state index contributed by atoms with van der Waals surface area (Å²) < 4.78 is 12.7. The van der Waals surface area contributed by atoms with Gasteiger partial charge in [0.2, 0.25) is 5.91 Å². The van der Waals surface area contributed by atoms with E-state index in [9.17, 15) is 14.3 Å². The van der Waals surface area contributed by atoms with Gasteiger partial charge in [-0.05, 0) is 37.1 Å². The lowest BCUT2D eigenvalue weighted by atomic mass is 9.85. The summed E-state index contributed by atoms with van der Waals surface area (Å²) in [7, 11) is 0. The van der Waals surface area contributed by atoms with Gasteiger partial charge in [0, 0.05) is 12.2 Å². The van der Waals surface area contributed by atoms with Crippen LogP contribution in [-0.2, 0) is 4.79 Å². The highest BCUT2D eigenvalue weighted by atomic mass is 19.1. The number of halogens is 1. The highest BCUT2D eigenvalue weighted by molar-refractivity contribution is 5.92. The first-order valence-electron chi connectivity index (χ1n) is 7.06. The van der Waals surface area contributed by atoms with Gasteiger partial charge in [-0.2, -0.15) is 0 Å². The molecule has 0 heterocycles. The molecular formula is C15H21FN2O2. The van der Waals surface area contributed by atoms with Crippen LogP contribution in [0.25, 0.3) is 0 Å². The van der Waals surface area contributed by atoms with Gasteiger partial charge < -0.3 is 15.7 Å². The van der Waals surface area contributed by atoms with Crippen LogP contribution in [-0.4, -0.2) is 29.7 Å². The summed E-state index contributed by atoms with van der Waals surface area (Å²) in [5.41, 5.74) is -0.108. The molecule has 0 atom stereocenters. The number of benzene rings is 1. The molecule has 0 aliphatic heterocycles. The van der Waals surface area contributed by atoms with E-state index >= 15 is 0 Å². The summed E-state index contributed by atoms with van der Waals surface area (Å²) >= 11 is 0. The monoisotopic (exact) mass is 280 g/mol. The van der Waals surface area contributed by atoms with Gasteiger partial charge in [0.1, 0.15) is 5.82 Å². The van der Waals surface area contributed by atoms with Gasteiger partial charge in [0.05, 0.1) is 12.1 Å². The maximum Gasteiger partial charge on any atom is 0.238 e. The molecule has 4 nitrogen and oxygen atoms in total. The standard InChI is InChI=1S/C15H21FN2O2/c16-12-4-6-13(7-5-12)18-14(19)10-17-11-15(20)8-2-1-3-9-15/h4-7,17,20H,1-3,8-11H2,(H,18,19). The summed E-state index contributed by atoms with van der Waals surface area (Å²) in [6.07, 6.45) is 4.84. The average Bonchev–Trinajstić information content (AvgIpc) is 2.42. The van der Waals surface area contributed by atoms with E-state index in [0.29, 0.717) is 12.2 Å². The number of carbonyl (C=O) groups excluding carboxylic acids is 1. The number of hydrogen-bond donors (Lipinski definition) is 3. The third-order valence-electron chi connectivity index (χ3n) is 3.65. The molecule has 1 fully saturated rings. The van der Waals surface area contributed by atoms with Crippen LogP contribution in [0.3, 0.4) is 0 Å². The molecule has 1 amide bonds. The largest absolute Gasteiger partial charge is 0.389 e. The average molecular weight is 280 g/mol. The summed E-state index contributed by atoms with van der Waals surface area (Å²) in [6.45, 7) is 0.573.